The SMILES string of the molecule is CCC(CO)(CO)NC(C)c1ccc(C)c(C)c1. The van der Waals surface area contributed by atoms with Gasteiger partial charge in [0.2, 0.25) is 0 Å². The maximum Gasteiger partial charge on any atom is 0.0650 e. The van der Waals surface area contributed by atoms with Crippen LogP contribution in [0.2, 0.25) is 0 Å². The van der Waals surface area contributed by atoms with Gasteiger partial charge in [-0.15, -0.1) is 0 Å². The second kappa shape index (κ2) is 6.32. The molecule has 0 amide bonds. The Hall–Kier alpha value is -0.900. The van der Waals surface area contributed by atoms with Crippen LogP contribution in [0.25, 0.3) is 0 Å². The number of hydrogen-bond acceptors (Lipinski definition) is 3. The Bertz CT molecular complexity index is 378. The van der Waals surface area contributed by atoms with Gasteiger partial charge in [0.1, 0.15) is 0 Å². The van der Waals surface area contributed by atoms with Crippen molar-refractivity contribution in [2.24, 2.45) is 0 Å². The van der Waals surface area contributed by atoms with Crippen LogP contribution >= 0.6 is 0 Å². The van der Waals surface area contributed by atoms with E-state index in [1.165, 1.54) is 16.7 Å². The molecule has 0 saturated heterocycles. The Labute approximate surface area is 110 Å². The molecule has 3 N–H and O–H groups in total. The van der Waals surface area contributed by atoms with Crippen LogP contribution in [0.15, 0.2) is 18.2 Å². The minimum absolute atomic E-state index is 0.0603. The summed E-state index contributed by atoms with van der Waals surface area (Å²) in [4.78, 5) is 0. The summed E-state index contributed by atoms with van der Waals surface area (Å²) < 4.78 is 0. The van der Waals surface area contributed by atoms with Crippen LogP contribution in [-0.2, 0) is 0 Å². The molecule has 18 heavy (non-hydrogen) atoms. The van der Waals surface area contributed by atoms with Gasteiger partial charge in [-0.3, -0.25) is 0 Å². The summed E-state index contributed by atoms with van der Waals surface area (Å²) in [6.45, 7) is 8.09. The van der Waals surface area contributed by atoms with Crippen molar-refractivity contribution in [1.82, 2.24) is 5.32 Å². The number of rotatable bonds is 6. The highest BCUT2D eigenvalue weighted by molar-refractivity contribution is 5.31. The summed E-state index contributed by atoms with van der Waals surface area (Å²) in [6, 6.07) is 6.45. The lowest BCUT2D eigenvalue weighted by molar-refractivity contribution is 0.0793. The Morgan fingerprint density at radius 1 is 1.17 bits per heavy atom. The lowest BCUT2D eigenvalue weighted by atomic mass is 9.94. The third kappa shape index (κ3) is 3.31. The zero-order valence-electron chi connectivity index (χ0n) is 11.8. The van der Waals surface area contributed by atoms with Gasteiger partial charge in [-0.1, -0.05) is 25.1 Å². The first-order chi connectivity index (χ1) is 8.48. The number of aryl methyl sites for hydroxylation is 2. The lowest BCUT2D eigenvalue weighted by Crippen LogP contribution is -2.52. The molecule has 1 unspecified atom stereocenters. The molecule has 1 rings (SSSR count). The molecule has 3 heteroatoms. The number of hydrogen-bond donors (Lipinski definition) is 3. The average molecular weight is 251 g/mol. The first-order valence-corrected chi connectivity index (χ1v) is 6.54. The topological polar surface area (TPSA) is 52.5 Å². The standard InChI is InChI=1S/C15H25NO2/c1-5-15(9-17,10-18)16-13(4)14-7-6-11(2)12(3)8-14/h6-8,13,16-18H,5,9-10H2,1-4H3. The average Bonchev–Trinajstić information content (AvgIpc) is 2.39. The van der Waals surface area contributed by atoms with E-state index >= 15 is 0 Å². The predicted molar refractivity (Wildman–Crippen MR) is 74.7 cm³/mol. The molecule has 0 aliphatic heterocycles. The summed E-state index contributed by atoms with van der Waals surface area (Å²) in [5, 5.41) is 22.2. The molecular formula is C15H25NO2. The second-order valence-corrected chi connectivity index (χ2v) is 5.16. The molecule has 3 nitrogen and oxygen atoms in total. The third-order valence-corrected chi connectivity index (χ3v) is 3.84. The fourth-order valence-electron chi connectivity index (χ4n) is 2.04. The molecule has 0 aliphatic carbocycles. The van der Waals surface area contributed by atoms with Gasteiger partial charge >= 0.3 is 0 Å². The molecule has 0 heterocycles. The van der Waals surface area contributed by atoms with Gasteiger partial charge in [-0.05, 0) is 43.9 Å². The van der Waals surface area contributed by atoms with Gasteiger partial charge in [0, 0.05) is 6.04 Å². The van der Waals surface area contributed by atoms with Gasteiger partial charge in [-0.2, -0.15) is 0 Å². The van der Waals surface area contributed by atoms with Gasteiger partial charge < -0.3 is 15.5 Å². The van der Waals surface area contributed by atoms with E-state index in [0.29, 0.717) is 6.42 Å². The van der Waals surface area contributed by atoms with Crippen LogP contribution in [0.3, 0.4) is 0 Å². The Balaban J connectivity index is 2.86. The highest BCUT2D eigenvalue weighted by atomic mass is 16.3. The molecule has 0 bridgehead atoms. The molecule has 1 aromatic rings. The van der Waals surface area contributed by atoms with E-state index < -0.39 is 5.54 Å². The van der Waals surface area contributed by atoms with Crippen molar-refractivity contribution in [3.63, 3.8) is 0 Å². The molecule has 102 valence electrons. The summed E-state index contributed by atoms with van der Waals surface area (Å²) in [5.41, 5.74) is 3.11. The van der Waals surface area contributed by atoms with Crippen molar-refractivity contribution in [1.29, 1.82) is 0 Å². The molecule has 0 aromatic heterocycles. The van der Waals surface area contributed by atoms with Crippen LogP contribution in [-0.4, -0.2) is 29.0 Å². The summed E-state index contributed by atoms with van der Waals surface area (Å²) in [5.74, 6) is 0. The molecule has 0 saturated carbocycles. The van der Waals surface area contributed by atoms with Crippen LogP contribution in [0.1, 0.15) is 43.0 Å². The first kappa shape index (κ1) is 15.2. The minimum atomic E-state index is -0.599. The highest BCUT2D eigenvalue weighted by Crippen LogP contribution is 2.21. The number of benzene rings is 1. The molecule has 0 radical (unpaired) electrons. The minimum Gasteiger partial charge on any atom is -0.394 e. The van der Waals surface area contributed by atoms with Crippen molar-refractivity contribution in [3.8, 4) is 0 Å². The fraction of sp³-hybridized carbons (Fsp3) is 0.600. The van der Waals surface area contributed by atoms with E-state index in [9.17, 15) is 10.2 Å². The van der Waals surface area contributed by atoms with Crippen LogP contribution in [0.4, 0.5) is 0 Å². The van der Waals surface area contributed by atoms with E-state index in [4.69, 9.17) is 0 Å². The zero-order valence-corrected chi connectivity index (χ0v) is 11.8. The first-order valence-electron chi connectivity index (χ1n) is 6.54. The lowest BCUT2D eigenvalue weighted by Gasteiger charge is -2.33. The zero-order chi connectivity index (χ0) is 13.8. The van der Waals surface area contributed by atoms with E-state index in [-0.39, 0.29) is 19.3 Å². The van der Waals surface area contributed by atoms with Crippen LogP contribution in [0, 0.1) is 13.8 Å². The molecule has 0 fully saturated rings. The van der Waals surface area contributed by atoms with Crippen molar-refractivity contribution in [2.45, 2.75) is 45.7 Å². The van der Waals surface area contributed by atoms with E-state index in [2.05, 4.69) is 44.3 Å². The van der Waals surface area contributed by atoms with Gasteiger partial charge in [0.05, 0.1) is 18.8 Å². The Kier molecular flexibility index (Phi) is 5.32. The van der Waals surface area contributed by atoms with Gasteiger partial charge in [-0.25, -0.2) is 0 Å². The van der Waals surface area contributed by atoms with Crippen molar-refractivity contribution in [2.75, 3.05) is 13.2 Å². The largest absolute Gasteiger partial charge is 0.394 e. The monoisotopic (exact) mass is 251 g/mol. The normalized spacial score (nSPS) is 13.7. The maximum atomic E-state index is 9.45. The predicted octanol–water partition coefficient (Wildman–Crippen LogP) is 2.09. The Morgan fingerprint density at radius 3 is 2.22 bits per heavy atom. The van der Waals surface area contributed by atoms with Crippen molar-refractivity contribution >= 4 is 0 Å². The third-order valence-electron chi connectivity index (χ3n) is 3.84. The summed E-state index contributed by atoms with van der Waals surface area (Å²) in [7, 11) is 0. The van der Waals surface area contributed by atoms with E-state index in [1.807, 2.05) is 6.92 Å². The Morgan fingerprint density at radius 2 is 1.78 bits per heavy atom. The smallest absolute Gasteiger partial charge is 0.0650 e. The van der Waals surface area contributed by atoms with Gasteiger partial charge in [0.15, 0.2) is 0 Å². The van der Waals surface area contributed by atoms with Crippen LogP contribution in [0.5, 0.6) is 0 Å². The number of aliphatic hydroxyl groups is 2. The fourth-order valence-corrected chi connectivity index (χ4v) is 2.04. The second-order valence-electron chi connectivity index (χ2n) is 5.16. The summed E-state index contributed by atoms with van der Waals surface area (Å²) >= 11 is 0. The maximum absolute atomic E-state index is 9.45. The van der Waals surface area contributed by atoms with Crippen molar-refractivity contribution < 1.29 is 10.2 Å². The highest BCUT2D eigenvalue weighted by Gasteiger charge is 2.28. The molecule has 0 aliphatic rings. The number of aliphatic hydroxyl groups excluding tert-OH is 2. The van der Waals surface area contributed by atoms with Crippen LogP contribution < -0.4 is 5.32 Å². The molecule has 1 aromatic carbocycles. The van der Waals surface area contributed by atoms with E-state index in [0.717, 1.165) is 0 Å². The number of nitrogens with one attached hydrogen (secondary N) is 1. The molecular weight excluding hydrogens is 226 g/mol. The molecule has 1 atom stereocenters. The van der Waals surface area contributed by atoms with Crippen molar-refractivity contribution in [3.05, 3.63) is 34.9 Å². The summed E-state index contributed by atoms with van der Waals surface area (Å²) in [6.07, 6.45) is 0.690. The van der Waals surface area contributed by atoms with Gasteiger partial charge in [0.25, 0.3) is 0 Å². The molecule has 0 spiro atoms. The quantitative estimate of drug-likeness (QED) is 0.725. The van der Waals surface area contributed by atoms with E-state index in [1.54, 1.807) is 0 Å².